The number of carbonyl (C=O) groups is 1. The molecule has 25 heavy (non-hydrogen) atoms. The maximum absolute atomic E-state index is 11.9. The molecule has 1 aliphatic rings. The second kappa shape index (κ2) is 7.89. The molecule has 2 heterocycles. The summed E-state index contributed by atoms with van der Waals surface area (Å²) in [5, 5.41) is 28.9. The van der Waals surface area contributed by atoms with E-state index in [4.69, 9.17) is 20.4 Å². The topological polar surface area (TPSA) is 169 Å². The first-order valence-corrected chi connectivity index (χ1v) is 7.69. The molecule has 11 heteroatoms. The van der Waals surface area contributed by atoms with Gasteiger partial charge in [-0.25, -0.2) is 4.79 Å². The third-order valence-electron chi connectivity index (χ3n) is 3.94. The molecule has 1 saturated heterocycles. The zero-order chi connectivity index (χ0) is 18.7. The van der Waals surface area contributed by atoms with Gasteiger partial charge in [0.25, 0.3) is 0 Å². The highest BCUT2D eigenvalue weighted by atomic mass is 16.6. The van der Waals surface area contributed by atoms with Gasteiger partial charge in [0.15, 0.2) is 12.0 Å². The van der Waals surface area contributed by atoms with E-state index < -0.39 is 42.2 Å². The van der Waals surface area contributed by atoms with Gasteiger partial charge in [0.2, 0.25) is 0 Å². The van der Waals surface area contributed by atoms with Crippen molar-refractivity contribution < 1.29 is 29.7 Å². The van der Waals surface area contributed by atoms with E-state index in [0.29, 0.717) is 0 Å². The van der Waals surface area contributed by atoms with Crippen molar-refractivity contribution in [2.45, 2.75) is 44.4 Å². The predicted octanol–water partition coefficient (Wildman–Crippen LogP) is -1.81. The largest absolute Gasteiger partial charge is 0.462 e. The number of nitrogens with zero attached hydrogens (tertiary/aromatic N) is 2. The monoisotopic (exact) mass is 358 g/mol. The van der Waals surface area contributed by atoms with Crippen molar-refractivity contribution in [1.29, 1.82) is 0 Å². The molecule has 0 radical (unpaired) electrons. The van der Waals surface area contributed by atoms with E-state index in [0.717, 1.165) is 4.57 Å². The fraction of sp³-hybridized carbons (Fsp3) is 0.643. The zero-order valence-electron chi connectivity index (χ0n) is 13.8. The highest BCUT2D eigenvalue weighted by Crippen LogP contribution is 2.28. The van der Waals surface area contributed by atoms with Gasteiger partial charge in [0.1, 0.15) is 31.0 Å². The second-order valence-corrected chi connectivity index (χ2v) is 6.06. The minimum atomic E-state index is -1.44. The van der Waals surface area contributed by atoms with Crippen molar-refractivity contribution >= 4 is 11.8 Å². The first-order valence-electron chi connectivity index (χ1n) is 7.69. The molecule has 5 atom stereocenters. The Morgan fingerprint density at radius 1 is 1.48 bits per heavy atom. The molecule has 1 aliphatic heterocycles. The molecule has 0 aromatic carbocycles. The number of aliphatic hydroxyl groups excluding tert-OH is 2. The number of carbonyl (C=O) groups excluding carboxylic acids is 1. The molecule has 140 valence electrons. The molecule has 1 fully saturated rings. The van der Waals surface area contributed by atoms with Gasteiger partial charge in [-0.2, -0.15) is 4.98 Å². The van der Waals surface area contributed by atoms with Crippen LogP contribution in [0.2, 0.25) is 0 Å². The van der Waals surface area contributed by atoms with Gasteiger partial charge >= 0.3 is 11.7 Å². The molecule has 0 amide bonds. The van der Waals surface area contributed by atoms with Crippen LogP contribution >= 0.6 is 0 Å². The summed E-state index contributed by atoms with van der Waals surface area (Å²) in [5.74, 6) is -0.855. The molecule has 0 bridgehead atoms. The van der Waals surface area contributed by atoms with E-state index >= 15 is 0 Å². The molecule has 2 rings (SSSR count). The van der Waals surface area contributed by atoms with Crippen molar-refractivity contribution in [2.24, 2.45) is 11.7 Å². The summed E-state index contributed by atoms with van der Waals surface area (Å²) in [6.07, 6.45) is -3.83. The maximum atomic E-state index is 11.9. The number of aliphatic hydroxyl groups is 2. The van der Waals surface area contributed by atoms with E-state index in [9.17, 15) is 19.8 Å². The molecule has 0 unspecified atom stereocenters. The van der Waals surface area contributed by atoms with Crippen LogP contribution in [-0.4, -0.2) is 61.9 Å². The number of nitrogens with one attached hydrogen (secondary N) is 1. The first kappa shape index (κ1) is 19.3. The molecule has 11 nitrogen and oxygen atoms in total. The van der Waals surface area contributed by atoms with Gasteiger partial charge in [-0.05, 0) is 12.0 Å². The SMILES string of the molecule is CC(C)[C@H](N)C(=O)OC[C@H]1O[C@@H](n2ccc(NO)nc2=O)[C@H](O)[C@@H]1O. The number of hydrogen-bond donors (Lipinski definition) is 5. The Balaban J connectivity index is 2.06. The normalized spacial score (nSPS) is 27.3. The Bertz CT molecular complexity index is 665. The van der Waals surface area contributed by atoms with Gasteiger partial charge in [0.05, 0.1) is 0 Å². The zero-order valence-corrected chi connectivity index (χ0v) is 13.8. The average molecular weight is 358 g/mol. The Morgan fingerprint density at radius 3 is 2.72 bits per heavy atom. The second-order valence-electron chi connectivity index (χ2n) is 6.06. The lowest BCUT2D eigenvalue weighted by atomic mass is 10.1. The van der Waals surface area contributed by atoms with Gasteiger partial charge in [0, 0.05) is 6.20 Å². The van der Waals surface area contributed by atoms with Gasteiger partial charge in [-0.15, -0.1) is 0 Å². The first-order chi connectivity index (χ1) is 11.8. The summed E-state index contributed by atoms with van der Waals surface area (Å²) >= 11 is 0. The number of rotatable bonds is 6. The predicted molar refractivity (Wildman–Crippen MR) is 83.6 cm³/mol. The Labute approximate surface area is 143 Å². The van der Waals surface area contributed by atoms with E-state index in [1.165, 1.54) is 12.3 Å². The molecule has 0 aliphatic carbocycles. The summed E-state index contributed by atoms with van der Waals surface area (Å²) in [6, 6.07) is 0.461. The standard InChI is InChI=1S/C14H22N4O7/c1-6(2)9(15)13(21)24-5-7-10(19)11(20)12(25-7)18-4-3-8(17-23)16-14(18)22/h3-4,6-7,9-12,19-20,23H,5,15H2,1-2H3,(H,16,17,22)/t7-,9+,10-,11-,12-/m1/s1. The maximum Gasteiger partial charge on any atom is 0.351 e. The number of nitrogens with two attached hydrogens (primary N) is 1. The van der Waals surface area contributed by atoms with Crippen LogP contribution in [0.1, 0.15) is 20.1 Å². The number of aromatic nitrogens is 2. The van der Waals surface area contributed by atoms with E-state index in [2.05, 4.69) is 4.98 Å². The van der Waals surface area contributed by atoms with Crippen molar-refractivity contribution in [1.82, 2.24) is 9.55 Å². The Hall–Kier alpha value is -2.05. The third kappa shape index (κ3) is 4.14. The summed E-state index contributed by atoms with van der Waals surface area (Å²) in [6.45, 7) is 3.19. The fourth-order valence-corrected chi connectivity index (χ4v) is 2.30. The fourth-order valence-electron chi connectivity index (χ4n) is 2.30. The summed E-state index contributed by atoms with van der Waals surface area (Å²) < 4.78 is 11.4. The van der Waals surface area contributed by atoms with Crippen molar-refractivity contribution in [2.75, 3.05) is 12.1 Å². The summed E-state index contributed by atoms with van der Waals surface area (Å²) in [4.78, 5) is 27.2. The van der Waals surface area contributed by atoms with E-state index in [1.54, 1.807) is 19.3 Å². The third-order valence-corrected chi connectivity index (χ3v) is 3.94. The molecule has 1 aromatic heterocycles. The lowest BCUT2D eigenvalue weighted by molar-refractivity contribution is -0.152. The molecule has 0 spiro atoms. The number of ether oxygens (including phenoxy) is 2. The van der Waals surface area contributed by atoms with E-state index in [-0.39, 0.29) is 18.3 Å². The quantitative estimate of drug-likeness (QED) is 0.288. The lowest BCUT2D eigenvalue weighted by Crippen LogP contribution is -2.40. The molecular weight excluding hydrogens is 336 g/mol. The van der Waals surface area contributed by atoms with Crippen LogP contribution in [0.3, 0.4) is 0 Å². The average Bonchev–Trinajstić information content (AvgIpc) is 2.86. The number of esters is 1. The molecule has 1 aromatic rings. The van der Waals surface area contributed by atoms with Crippen molar-refractivity contribution in [3.8, 4) is 0 Å². The molecule has 0 saturated carbocycles. The van der Waals surface area contributed by atoms with Crippen LogP contribution in [0.5, 0.6) is 0 Å². The van der Waals surface area contributed by atoms with Crippen molar-refractivity contribution in [3.05, 3.63) is 22.7 Å². The highest BCUT2D eigenvalue weighted by molar-refractivity contribution is 5.75. The molecule has 6 N–H and O–H groups in total. The Kier molecular flexibility index (Phi) is 6.08. The van der Waals surface area contributed by atoms with E-state index in [1.807, 2.05) is 0 Å². The smallest absolute Gasteiger partial charge is 0.351 e. The number of anilines is 1. The van der Waals surface area contributed by atoms with Crippen LogP contribution in [0.4, 0.5) is 5.82 Å². The highest BCUT2D eigenvalue weighted by Gasteiger charge is 2.44. The Morgan fingerprint density at radius 2 is 2.16 bits per heavy atom. The van der Waals surface area contributed by atoms with Crippen LogP contribution in [0.25, 0.3) is 0 Å². The minimum Gasteiger partial charge on any atom is -0.462 e. The number of hydrogen-bond acceptors (Lipinski definition) is 10. The molecular formula is C14H22N4O7. The van der Waals surface area contributed by atoms with Gasteiger partial charge in [-0.1, -0.05) is 13.8 Å². The van der Waals surface area contributed by atoms with Gasteiger partial charge < -0.3 is 25.4 Å². The van der Waals surface area contributed by atoms with Crippen molar-refractivity contribution in [3.63, 3.8) is 0 Å². The van der Waals surface area contributed by atoms with Crippen LogP contribution in [0.15, 0.2) is 17.1 Å². The lowest BCUT2D eigenvalue weighted by Gasteiger charge is -2.18. The van der Waals surface area contributed by atoms with Crippen LogP contribution in [-0.2, 0) is 14.3 Å². The van der Waals surface area contributed by atoms with Crippen LogP contribution in [0, 0.1) is 5.92 Å². The minimum absolute atomic E-state index is 0.0811. The summed E-state index contributed by atoms with van der Waals surface area (Å²) in [7, 11) is 0. The summed E-state index contributed by atoms with van der Waals surface area (Å²) in [5.41, 5.74) is 6.57. The van der Waals surface area contributed by atoms with Gasteiger partial charge in [-0.3, -0.25) is 20.0 Å². The van der Waals surface area contributed by atoms with Crippen LogP contribution < -0.4 is 16.9 Å².